The number of rotatable bonds is 20. The number of aromatic nitrogens is 4. The number of carbonyl (C=O) groups is 3. The molecule has 2 heterocycles. The van der Waals surface area contributed by atoms with Crippen LogP contribution in [0.4, 0.5) is 20.4 Å². The number of carbonyl (C=O) groups excluding carboxylic acids is 3. The maximum absolute atomic E-state index is 13.2. The molecule has 57 heavy (non-hydrogen) atoms. The van der Waals surface area contributed by atoms with E-state index in [2.05, 4.69) is 41.1 Å². The lowest BCUT2D eigenvalue weighted by Crippen LogP contribution is -2.34. The summed E-state index contributed by atoms with van der Waals surface area (Å²) in [7, 11) is -4.85. The number of ether oxygens (including phenoxy) is 3. The van der Waals surface area contributed by atoms with E-state index in [1.165, 1.54) is 12.1 Å². The number of anilines is 2. The van der Waals surface area contributed by atoms with E-state index in [9.17, 15) is 26.7 Å². The van der Waals surface area contributed by atoms with Crippen molar-refractivity contribution >= 4 is 51.1 Å². The molecule has 0 aliphatic heterocycles. The van der Waals surface area contributed by atoms with Crippen molar-refractivity contribution in [3.8, 4) is 0 Å². The third-order valence-corrected chi connectivity index (χ3v) is 9.56. The zero-order valence-corrected chi connectivity index (χ0v) is 33.1. The molecule has 1 fully saturated rings. The van der Waals surface area contributed by atoms with E-state index in [1.807, 2.05) is 12.1 Å². The number of hydrogen-bond donors (Lipinski definition) is 5. The monoisotopic (exact) mass is 811 g/mol. The van der Waals surface area contributed by atoms with Crippen LogP contribution in [0.2, 0.25) is 0 Å². The largest absolute Gasteiger partial charge is 0.444 e. The second kappa shape index (κ2) is 20.1. The average molecular weight is 812 g/mol. The molecule has 1 aliphatic carbocycles. The van der Waals surface area contributed by atoms with Gasteiger partial charge in [0.1, 0.15) is 5.60 Å². The first-order valence-electron chi connectivity index (χ1n) is 18.8. The Kier molecular flexibility index (Phi) is 15.1. The number of benzene rings is 2. The molecule has 5 rings (SSSR count). The Labute approximate surface area is 331 Å². The van der Waals surface area contributed by atoms with E-state index >= 15 is 0 Å². The first-order chi connectivity index (χ1) is 27.3. The van der Waals surface area contributed by atoms with Gasteiger partial charge in [-0.25, -0.2) is 9.78 Å². The van der Waals surface area contributed by atoms with Gasteiger partial charge in [0.2, 0.25) is 5.95 Å². The topological polar surface area (TPSA) is 217 Å². The van der Waals surface area contributed by atoms with Gasteiger partial charge in [-0.15, -0.1) is 3.89 Å². The molecule has 19 heteroatoms. The molecule has 2 aromatic heterocycles. The molecule has 1 saturated carbocycles. The van der Waals surface area contributed by atoms with Crippen LogP contribution in [0.25, 0.3) is 11.2 Å². The molecule has 0 unspecified atom stereocenters. The minimum Gasteiger partial charge on any atom is -0.444 e. The highest BCUT2D eigenvalue weighted by atomic mass is 32.3. The van der Waals surface area contributed by atoms with Crippen LogP contribution in [0, 0.1) is 0 Å². The SMILES string of the molecule is CC(C)(C)OC(=O)NCCOCCOCCNC(=O)c1ccc(CNc2nc(NCCNC(=O)c3ccc(S(=O)(=O)F)cc3)nc3c2ncn3C2CCCC2)cc1. The van der Waals surface area contributed by atoms with Gasteiger partial charge in [-0.2, -0.15) is 18.4 Å². The fourth-order valence-electron chi connectivity index (χ4n) is 5.95. The van der Waals surface area contributed by atoms with E-state index < -0.39 is 32.7 Å². The van der Waals surface area contributed by atoms with Crippen molar-refractivity contribution in [1.82, 2.24) is 35.5 Å². The van der Waals surface area contributed by atoms with Crippen molar-refractivity contribution < 1.29 is 40.9 Å². The van der Waals surface area contributed by atoms with E-state index in [4.69, 9.17) is 19.2 Å². The van der Waals surface area contributed by atoms with E-state index in [0.29, 0.717) is 74.6 Å². The summed E-state index contributed by atoms with van der Waals surface area (Å²) >= 11 is 0. The van der Waals surface area contributed by atoms with Crippen LogP contribution in [0.15, 0.2) is 59.8 Å². The lowest BCUT2D eigenvalue weighted by atomic mass is 10.1. The Balaban J connectivity index is 1.07. The lowest BCUT2D eigenvalue weighted by Gasteiger charge is -2.19. The maximum atomic E-state index is 13.2. The highest BCUT2D eigenvalue weighted by Gasteiger charge is 2.22. The number of hydrogen-bond acceptors (Lipinski definition) is 13. The zero-order valence-electron chi connectivity index (χ0n) is 32.3. The molecule has 0 saturated heterocycles. The summed E-state index contributed by atoms with van der Waals surface area (Å²) in [6.45, 7) is 8.24. The van der Waals surface area contributed by atoms with Gasteiger partial charge in [0.15, 0.2) is 17.0 Å². The van der Waals surface area contributed by atoms with Crippen molar-refractivity contribution in [2.24, 2.45) is 0 Å². The van der Waals surface area contributed by atoms with Crippen LogP contribution >= 0.6 is 0 Å². The molecule has 0 bridgehead atoms. The Hall–Kier alpha value is -5.40. The van der Waals surface area contributed by atoms with Crippen LogP contribution in [-0.4, -0.2) is 104 Å². The molecule has 0 spiro atoms. The standard InChI is InChI=1S/C38H50FN9O8S/c1-38(2,3)56-37(51)43-19-21-55-23-22-54-20-18-41-35(50)27-10-8-26(9-11-27)24-44-32-31-33(48(25-45-31)29-6-4-5-7-29)47-36(46-32)42-17-16-40-34(49)28-12-14-30(15-13-28)57(39,52)53/h8-15,25,29H,4-7,16-24H2,1-3H3,(H,40,49)(H,41,50)(H,43,51)(H2,42,44,46,47). The second-order valence-corrected chi connectivity index (χ2v) is 15.6. The summed E-state index contributed by atoms with van der Waals surface area (Å²) in [5.74, 6) is 0.190. The number of nitrogens with one attached hydrogen (secondary N) is 5. The van der Waals surface area contributed by atoms with E-state index in [-0.39, 0.29) is 30.6 Å². The molecule has 0 radical (unpaired) electrons. The lowest BCUT2D eigenvalue weighted by molar-refractivity contribution is 0.0400. The zero-order chi connectivity index (χ0) is 40.8. The summed E-state index contributed by atoms with van der Waals surface area (Å²) in [6.07, 6.45) is 5.64. The van der Waals surface area contributed by atoms with Crippen molar-refractivity contribution in [3.63, 3.8) is 0 Å². The molecule has 5 N–H and O–H groups in total. The van der Waals surface area contributed by atoms with Crippen LogP contribution < -0.4 is 26.6 Å². The fourth-order valence-corrected chi connectivity index (χ4v) is 6.41. The minimum absolute atomic E-state index is 0.188. The number of fused-ring (bicyclic) bond motifs is 1. The second-order valence-electron chi connectivity index (χ2n) is 14.3. The fraction of sp³-hybridized carbons (Fsp3) is 0.474. The Bertz CT molecular complexity index is 2070. The quantitative estimate of drug-likeness (QED) is 0.0621. The molecule has 3 amide bonds. The molecular formula is C38H50FN9O8S. The first kappa shape index (κ1) is 42.7. The van der Waals surface area contributed by atoms with Crippen LogP contribution in [0.3, 0.4) is 0 Å². The van der Waals surface area contributed by atoms with Gasteiger partial charge in [-0.1, -0.05) is 25.0 Å². The Morgan fingerprint density at radius 1 is 0.789 bits per heavy atom. The molecular weight excluding hydrogens is 762 g/mol. The highest BCUT2D eigenvalue weighted by molar-refractivity contribution is 7.86. The van der Waals surface area contributed by atoms with Crippen molar-refractivity contribution in [2.75, 3.05) is 63.2 Å². The van der Waals surface area contributed by atoms with Gasteiger partial charge in [-0.3, -0.25) is 9.59 Å². The summed E-state index contributed by atoms with van der Waals surface area (Å²) in [5.41, 5.74) is 2.35. The molecule has 17 nitrogen and oxygen atoms in total. The van der Waals surface area contributed by atoms with Crippen LogP contribution in [0.5, 0.6) is 0 Å². The summed E-state index contributed by atoms with van der Waals surface area (Å²) < 4.78 is 53.5. The number of alkyl carbamates (subject to hydrolysis) is 1. The van der Waals surface area contributed by atoms with Gasteiger partial charge >= 0.3 is 16.3 Å². The smallest absolute Gasteiger partial charge is 0.407 e. The molecule has 2 aromatic carbocycles. The molecule has 0 atom stereocenters. The van der Waals surface area contributed by atoms with Gasteiger partial charge in [0, 0.05) is 49.9 Å². The summed E-state index contributed by atoms with van der Waals surface area (Å²) in [5, 5.41) is 14.7. The van der Waals surface area contributed by atoms with E-state index in [1.54, 1.807) is 39.2 Å². The van der Waals surface area contributed by atoms with Crippen LogP contribution in [0.1, 0.15) is 78.8 Å². The van der Waals surface area contributed by atoms with Crippen molar-refractivity contribution in [1.29, 1.82) is 0 Å². The summed E-state index contributed by atoms with van der Waals surface area (Å²) in [4.78, 5) is 50.5. The number of amides is 3. The minimum atomic E-state index is -4.85. The third kappa shape index (κ3) is 13.4. The predicted octanol–water partition coefficient (Wildman–Crippen LogP) is 4.34. The average Bonchev–Trinajstić information content (AvgIpc) is 3.86. The third-order valence-electron chi connectivity index (χ3n) is 8.73. The first-order valence-corrected chi connectivity index (χ1v) is 20.2. The summed E-state index contributed by atoms with van der Waals surface area (Å²) in [6, 6.07) is 12.1. The Morgan fingerprint density at radius 3 is 2.00 bits per heavy atom. The normalized spacial score (nSPS) is 13.3. The van der Waals surface area contributed by atoms with Crippen molar-refractivity contribution in [2.45, 2.75) is 69.5 Å². The van der Waals surface area contributed by atoms with Gasteiger partial charge in [0.25, 0.3) is 11.8 Å². The molecule has 308 valence electrons. The Morgan fingerprint density at radius 2 is 1.39 bits per heavy atom. The number of imidazole rings is 1. The molecule has 4 aromatic rings. The molecule has 1 aliphatic rings. The number of halogens is 1. The van der Waals surface area contributed by atoms with E-state index in [0.717, 1.165) is 43.4 Å². The van der Waals surface area contributed by atoms with Gasteiger partial charge in [0.05, 0.1) is 37.7 Å². The van der Waals surface area contributed by atoms with Gasteiger partial charge < -0.3 is 45.4 Å². The highest BCUT2D eigenvalue weighted by Crippen LogP contribution is 2.33. The number of nitrogens with zero attached hydrogens (tertiary/aromatic N) is 4. The van der Waals surface area contributed by atoms with Gasteiger partial charge in [-0.05, 0) is 75.6 Å². The predicted molar refractivity (Wildman–Crippen MR) is 210 cm³/mol. The maximum Gasteiger partial charge on any atom is 0.407 e. The van der Waals surface area contributed by atoms with Crippen LogP contribution in [-0.2, 0) is 31.0 Å². The van der Waals surface area contributed by atoms with Crippen molar-refractivity contribution in [3.05, 3.63) is 71.5 Å².